The SMILES string of the molecule is CSc1nc(NN)cc(N(C)CC(C)(C)C)n1. The molecule has 0 atom stereocenters. The van der Waals surface area contributed by atoms with Crippen LogP contribution in [0.25, 0.3) is 0 Å². The molecule has 0 aliphatic rings. The van der Waals surface area contributed by atoms with Crippen LogP contribution in [0.15, 0.2) is 11.2 Å². The van der Waals surface area contributed by atoms with Crippen molar-refractivity contribution in [3.05, 3.63) is 6.07 Å². The summed E-state index contributed by atoms with van der Waals surface area (Å²) >= 11 is 1.50. The quantitative estimate of drug-likeness (QED) is 0.371. The Kier molecular flexibility index (Phi) is 4.59. The van der Waals surface area contributed by atoms with Crippen LogP contribution in [0.3, 0.4) is 0 Å². The van der Waals surface area contributed by atoms with Crippen molar-refractivity contribution in [2.75, 3.05) is 30.2 Å². The van der Waals surface area contributed by atoms with Gasteiger partial charge >= 0.3 is 0 Å². The highest BCUT2D eigenvalue weighted by Gasteiger charge is 2.16. The topological polar surface area (TPSA) is 67.1 Å². The Morgan fingerprint density at radius 1 is 1.41 bits per heavy atom. The lowest BCUT2D eigenvalue weighted by Gasteiger charge is -2.27. The van der Waals surface area contributed by atoms with Gasteiger partial charge in [0.1, 0.15) is 11.6 Å². The largest absolute Gasteiger partial charge is 0.359 e. The molecular formula is C11H21N5S. The predicted octanol–water partition coefficient (Wildman–Crippen LogP) is 1.97. The number of aromatic nitrogens is 2. The number of hydrogen-bond donors (Lipinski definition) is 2. The van der Waals surface area contributed by atoms with Crippen molar-refractivity contribution in [2.45, 2.75) is 25.9 Å². The van der Waals surface area contributed by atoms with E-state index >= 15 is 0 Å². The molecular weight excluding hydrogens is 234 g/mol. The lowest BCUT2D eigenvalue weighted by Crippen LogP contribution is -2.30. The Labute approximate surface area is 107 Å². The Bertz CT molecular complexity index is 352. The van der Waals surface area contributed by atoms with E-state index in [2.05, 4.69) is 41.1 Å². The number of rotatable bonds is 4. The van der Waals surface area contributed by atoms with Gasteiger partial charge in [-0.2, -0.15) is 0 Å². The van der Waals surface area contributed by atoms with Gasteiger partial charge in [0.05, 0.1) is 0 Å². The standard InChI is InChI=1S/C11H21N5S/c1-11(2,3)7-16(4)9-6-8(15-12)13-10(14-9)17-5/h6H,7,12H2,1-5H3,(H,13,14,15). The van der Waals surface area contributed by atoms with Gasteiger partial charge in [0, 0.05) is 19.7 Å². The molecule has 5 nitrogen and oxygen atoms in total. The van der Waals surface area contributed by atoms with E-state index < -0.39 is 0 Å². The zero-order chi connectivity index (χ0) is 13.1. The van der Waals surface area contributed by atoms with Gasteiger partial charge < -0.3 is 10.3 Å². The van der Waals surface area contributed by atoms with Gasteiger partial charge in [-0.15, -0.1) is 0 Å². The van der Waals surface area contributed by atoms with Gasteiger partial charge in [-0.05, 0) is 11.7 Å². The Balaban J connectivity index is 2.96. The summed E-state index contributed by atoms with van der Waals surface area (Å²) in [6.45, 7) is 7.51. The van der Waals surface area contributed by atoms with Gasteiger partial charge in [-0.25, -0.2) is 15.8 Å². The van der Waals surface area contributed by atoms with Crippen molar-refractivity contribution in [1.29, 1.82) is 0 Å². The third-order valence-electron chi connectivity index (χ3n) is 2.13. The first-order valence-electron chi connectivity index (χ1n) is 5.46. The van der Waals surface area contributed by atoms with Crippen molar-refractivity contribution in [2.24, 2.45) is 11.3 Å². The van der Waals surface area contributed by atoms with E-state index in [1.54, 1.807) is 0 Å². The lowest BCUT2D eigenvalue weighted by atomic mass is 9.96. The van der Waals surface area contributed by atoms with Crippen molar-refractivity contribution >= 4 is 23.4 Å². The molecule has 0 saturated carbocycles. The molecule has 0 fully saturated rings. The minimum absolute atomic E-state index is 0.218. The molecule has 17 heavy (non-hydrogen) atoms. The van der Waals surface area contributed by atoms with Crippen LogP contribution in [0.1, 0.15) is 20.8 Å². The van der Waals surface area contributed by atoms with Crippen molar-refractivity contribution in [3.63, 3.8) is 0 Å². The first-order chi connectivity index (χ1) is 7.85. The van der Waals surface area contributed by atoms with Crippen LogP contribution in [0.4, 0.5) is 11.6 Å². The molecule has 0 unspecified atom stereocenters. The summed E-state index contributed by atoms with van der Waals surface area (Å²) < 4.78 is 0. The molecule has 1 rings (SSSR count). The normalized spacial score (nSPS) is 11.4. The first-order valence-corrected chi connectivity index (χ1v) is 6.69. The molecule has 1 heterocycles. The molecule has 3 N–H and O–H groups in total. The van der Waals surface area contributed by atoms with Gasteiger partial charge in [0.2, 0.25) is 0 Å². The second-order valence-electron chi connectivity index (χ2n) is 5.16. The third kappa shape index (κ3) is 4.40. The van der Waals surface area contributed by atoms with Crippen LogP contribution in [-0.4, -0.2) is 29.8 Å². The van der Waals surface area contributed by atoms with Crippen molar-refractivity contribution in [3.8, 4) is 0 Å². The molecule has 96 valence electrons. The summed E-state index contributed by atoms with van der Waals surface area (Å²) in [5, 5.41) is 0.719. The highest BCUT2D eigenvalue weighted by Crippen LogP contribution is 2.22. The number of nitrogens with one attached hydrogen (secondary N) is 1. The number of nitrogens with two attached hydrogens (primary N) is 1. The van der Waals surface area contributed by atoms with Crippen LogP contribution in [0.2, 0.25) is 0 Å². The minimum Gasteiger partial charge on any atom is -0.359 e. The maximum atomic E-state index is 5.40. The average Bonchev–Trinajstić information content (AvgIpc) is 2.26. The highest BCUT2D eigenvalue weighted by molar-refractivity contribution is 7.98. The number of nitrogen functional groups attached to an aromatic ring is 1. The summed E-state index contributed by atoms with van der Waals surface area (Å²) in [5.41, 5.74) is 2.79. The van der Waals surface area contributed by atoms with E-state index in [1.165, 1.54) is 11.8 Å². The van der Waals surface area contributed by atoms with Gasteiger partial charge in [-0.3, -0.25) is 0 Å². The van der Waals surface area contributed by atoms with Crippen LogP contribution >= 0.6 is 11.8 Å². The molecule has 1 aromatic heterocycles. The second kappa shape index (κ2) is 5.55. The van der Waals surface area contributed by atoms with Crippen LogP contribution < -0.4 is 16.2 Å². The lowest BCUT2D eigenvalue weighted by molar-refractivity contribution is 0.417. The van der Waals surface area contributed by atoms with Gasteiger partial charge in [0.15, 0.2) is 5.16 Å². The van der Waals surface area contributed by atoms with E-state index in [-0.39, 0.29) is 5.41 Å². The summed E-state index contributed by atoms with van der Waals surface area (Å²) in [6.07, 6.45) is 1.95. The minimum atomic E-state index is 0.218. The Hall–Kier alpha value is -1.01. The van der Waals surface area contributed by atoms with Crippen molar-refractivity contribution in [1.82, 2.24) is 9.97 Å². The number of thioether (sulfide) groups is 1. The van der Waals surface area contributed by atoms with E-state index in [9.17, 15) is 0 Å². The maximum absolute atomic E-state index is 5.40. The number of nitrogens with zero attached hydrogens (tertiary/aromatic N) is 3. The Morgan fingerprint density at radius 2 is 2.06 bits per heavy atom. The fourth-order valence-electron chi connectivity index (χ4n) is 1.57. The molecule has 0 amide bonds. The highest BCUT2D eigenvalue weighted by atomic mass is 32.2. The molecule has 0 radical (unpaired) electrons. The number of hydrogen-bond acceptors (Lipinski definition) is 6. The molecule has 0 saturated heterocycles. The van der Waals surface area contributed by atoms with Gasteiger partial charge in [-0.1, -0.05) is 32.5 Å². The predicted molar refractivity (Wildman–Crippen MR) is 74.3 cm³/mol. The van der Waals surface area contributed by atoms with E-state index in [1.807, 2.05) is 19.4 Å². The zero-order valence-corrected chi connectivity index (χ0v) is 11.9. The van der Waals surface area contributed by atoms with E-state index in [0.717, 1.165) is 17.5 Å². The maximum Gasteiger partial charge on any atom is 0.191 e. The third-order valence-corrected chi connectivity index (χ3v) is 2.67. The molecule has 6 heteroatoms. The first kappa shape index (κ1) is 14.1. The van der Waals surface area contributed by atoms with E-state index in [4.69, 9.17) is 5.84 Å². The van der Waals surface area contributed by atoms with E-state index in [0.29, 0.717) is 5.82 Å². The molecule has 0 bridgehead atoms. The number of anilines is 2. The van der Waals surface area contributed by atoms with Crippen LogP contribution in [-0.2, 0) is 0 Å². The molecule has 0 spiro atoms. The fourth-order valence-corrected chi connectivity index (χ4v) is 1.94. The Morgan fingerprint density at radius 3 is 2.53 bits per heavy atom. The molecule has 0 aromatic carbocycles. The fraction of sp³-hybridized carbons (Fsp3) is 0.636. The summed E-state index contributed by atoms with van der Waals surface area (Å²) in [4.78, 5) is 10.8. The molecule has 0 aliphatic carbocycles. The monoisotopic (exact) mass is 255 g/mol. The average molecular weight is 255 g/mol. The van der Waals surface area contributed by atoms with Crippen molar-refractivity contribution < 1.29 is 0 Å². The molecule has 0 aliphatic heterocycles. The number of hydrazine groups is 1. The smallest absolute Gasteiger partial charge is 0.191 e. The van der Waals surface area contributed by atoms with Crippen LogP contribution in [0.5, 0.6) is 0 Å². The summed E-state index contributed by atoms with van der Waals surface area (Å²) in [6, 6.07) is 1.85. The van der Waals surface area contributed by atoms with Crippen LogP contribution in [0, 0.1) is 5.41 Å². The zero-order valence-electron chi connectivity index (χ0n) is 11.1. The second-order valence-corrected chi connectivity index (χ2v) is 5.93. The van der Waals surface area contributed by atoms with Gasteiger partial charge in [0.25, 0.3) is 0 Å². The summed E-state index contributed by atoms with van der Waals surface area (Å²) in [7, 11) is 2.03. The molecule has 1 aromatic rings. The summed E-state index contributed by atoms with van der Waals surface area (Å²) in [5.74, 6) is 6.92.